The molecular formula is C14H15BO. The van der Waals surface area contributed by atoms with Crippen molar-refractivity contribution in [2.45, 2.75) is 39.3 Å². The van der Waals surface area contributed by atoms with Gasteiger partial charge >= 0.3 is 0 Å². The van der Waals surface area contributed by atoms with Crippen LogP contribution in [0.15, 0.2) is 17.7 Å². The molecule has 0 bridgehead atoms. The highest BCUT2D eigenvalue weighted by Crippen LogP contribution is 2.44. The third kappa shape index (κ3) is 1.36. The second kappa shape index (κ2) is 3.24. The number of hydrogen-bond donors (Lipinski definition) is 0. The Morgan fingerprint density at radius 1 is 1.25 bits per heavy atom. The van der Waals surface area contributed by atoms with Gasteiger partial charge in [-0.05, 0) is 49.5 Å². The Labute approximate surface area is 97.9 Å². The molecule has 2 radical (unpaired) electrons. The van der Waals surface area contributed by atoms with E-state index >= 15 is 0 Å². The van der Waals surface area contributed by atoms with Crippen LogP contribution in [0.3, 0.4) is 0 Å². The molecule has 0 amide bonds. The number of ether oxygens (including phenoxy) is 1. The summed E-state index contributed by atoms with van der Waals surface area (Å²) in [6.07, 6.45) is 1.19. The summed E-state index contributed by atoms with van der Waals surface area (Å²) >= 11 is 0. The molecule has 1 aromatic rings. The van der Waals surface area contributed by atoms with E-state index in [9.17, 15) is 0 Å². The molecule has 2 atom stereocenters. The van der Waals surface area contributed by atoms with Gasteiger partial charge < -0.3 is 4.74 Å². The molecule has 1 aliphatic carbocycles. The highest BCUT2D eigenvalue weighted by Gasteiger charge is 2.38. The molecular weight excluding hydrogens is 195 g/mol. The van der Waals surface area contributed by atoms with Crippen LogP contribution < -0.4 is 0 Å². The van der Waals surface area contributed by atoms with Crippen molar-refractivity contribution in [3.63, 3.8) is 0 Å². The summed E-state index contributed by atoms with van der Waals surface area (Å²) in [5.41, 5.74) is 8.32. The Bertz CT molecular complexity index is 502. The molecule has 0 saturated carbocycles. The molecule has 2 aliphatic rings. The number of rotatable bonds is 1. The molecule has 1 aromatic carbocycles. The van der Waals surface area contributed by atoms with Crippen LogP contribution in [0.1, 0.15) is 42.2 Å². The maximum Gasteiger partial charge on any atom is 0.113 e. The zero-order chi connectivity index (χ0) is 11.4. The second-order valence-corrected chi connectivity index (χ2v) is 4.98. The smallest absolute Gasteiger partial charge is 0.113 e. The predicted molar refractivity (Wildman–Crippen MR) is 66.5 cm³/mol. The first-order valence-electron chi connectivity index (χ1n) is 5.79. The maximum absolute atomic E-state index is 5.78. The van der Waals surface area contributed by atoms with Crippen molar-refractivity contribution in [3.8, 4) is 0 Å². The van der Waals surface area contributed by atoms with Crippen LogP contribution in [0, 0.1) is 6.92 Å². The van der Waals surface area contributed by atoms with Gasteiger partial charge in [0.1, 0.15) is 7.85 Å². The Balaban J connectivity index is 2.14. The van der Waals surface area contributed by atoms with Gasteiger partial charge in [-0.15, -0.1) is 0 Å². The fraction of sp³-hybridized carbons (Fsp3) is 0.429. The second-order valence-electron chi connectivity index (χ2n) is 4.98. The lowest BCUT2D eigenvalue weighted by atomic mass is 9.90. The van der Waals surface area contributed by atoms with Gasteiger partial charge in [0.25, 0.3) is 0 Å². The summed E-state index contributed by atoms with van der Waals surface area (Å²) < 4.78 is 5.41. The van der Waals surface area contributed by atoms with Crippen molar-refractivity contribution in [2.24, 2.45) is 0 Å². The lowest BCUT2D eigenvalue weighted by molar-refractivity contribution is 0.403. The summed E-state index contributed by atoms with van der Waals surface area (Å²) in [6, 6.07) is 4.41. The van der Waals surface area contributed by atoms with Crippen LogP contribution in [0.5, 0.6) is 0 Å². The minimum Gasteiger partial charge on any atom is -0.375 e. The highest BCUT2D eigenvalue weighted by atomic mass is 16.6. The fourth-order valence-electron chi connectivity index (χ4n) is 2.63. The number of epoxide rings is 1. The van der Waals surface area contributed by atoms with Crippen molar-refractivity contribution in [2.75, 3.05) is 0 Å². The van der Waals surface area contributed by atoms with Gasteiger partial charge in [-0.2, -0.15) is 0 Å². The SMILES string of the molecule is [B]C1OC1c1cc(C)cc2c1CC(C)=C2C. The maximum atomic E-state index is 5.78. The Morgan fingerprint density at radius 2 is 1.94 bits per heavy atom. The van der Waals surface area contributed by atoms with Crippen LogP contribution in [0.2, 0.25) is 0 Å². The van der Waals surface area contributed by atoms with Crippen molar-refractivity contribution in [1.82, 2.24) is 0 Å². The molecule has 80 valence electrons. The lowest BCUT2D eigenvalue weighted by Crippen LogP contribution is -1.97. The van der Waals surface area contributed by atoms with E-state index in [-0.39, 0.29) is 12.1 Å². The molecule has 1 nitrogen and oxygen atoms in total. The number of hydrogen-bond acceptors (Lipinski definition) is 1. The molecule has 0 spiro atoms. The van der Waals surface area contributed by atoms with Gasteiger partial charge in [-0.25, -0.2) is 0 Å². The van der Waals surface area contributed by atoms with E-state index in [1.165, 1.54) is 33.4 Å². The molecule has 1 heterocycles. The monoisotopic (exact) mass is 210 g/mol. The standard InChI is InChI=1S/C14H15BO/c1-7-4-10-9(3)8(2)6-11(10)12(5-7)13-14(15)16-13/h4-5,13-14H,6H2,1-3H3. The molecule has 3 rings (SSSR count). The zero-order valence-corrected chi connectivity index (χ0v) is 10.0. The molecule has 0 N–H and O–H groups in total. The Morgan fingerprint density at radius 3 is 2.56 bits per heavy atom. The van der Waals surface area contributed by atoms with Gasteiger partial charge in [-0.3, -0.25) is 0 Å². The minimum atomic E-state index is -0.0906. The average molecular weight is 210 g/mol. The van der Waals surface area contributed by atoms with E-state index < -0.39 is 0 Å². The normalized spacial score (nSPS) is 27.2. The van der Waals surface area contributed by atoms with Crippen molar-refractivity contribution < 1.29 is 4.74 Å². The third-order valence-corrected chi connectivity index (χ3v) is 3.75. The molecule has 1 fully saturated rings. The summed E-state index contributed by atoms with van der Waals surface area (Å²) in [6.45, 7) is 6.55. The van der Waals surface area contributed by atoms with Gasteiger partial charge in [0, 0.05) is 6.00 Å². The topological polar surface area (TPSA) is 12.5 Å². The van der Waals surface area contributed by atoms with E-state index in [1.807, 2.05) is 0 Å². The molecule has 0 aromatic heterocycles. The fourth-order valence-corrected chi connectivity index (χ4v) is 2.63. The summed E-state index contributed by atoms with van der Waals surface area (Å²) in [5.74, 6) is 0. The predicted octanol–water partition coefficient (Wildman–Crippen LogP) is 2.91. The van der Waals surface area contributed by atoms with E-state index in [0.717, 1.165) is 6.42 Å². The number of fused-ring (bicyclic) bond motifs is 1. The van der Waals surface area contributed by atoms with Crippen molar-refractivity contribution in [1.29, 1.82) is 0 Å². The molecule has 16 heavy (non-hydrogen) atoms. The first kappa shape index (κ1) is 10.2. The van der Waals surface area contributed by atoms with E-state index in [2.05, 4.69) is 32.9 Å². The van der Waals surface area contributed by atoms with Crippen LogP contribution in [-0.4, -0.2) is 13.8 Å². The van der Waals surface area contributed by atoms with Crippen LogP contribution in [0.25, 0.3) is 5.57 Å². The van der Waals surface area contributed by atoms with E-state index in [4.69, 9.17) is 12.6 Å². The van der Waals surface area contributed by atoms with E-state index in [0.29, 0.717) is 0 Å². The van der Waals surface area contributed by atoms with Crippen LogP contribution >= 0.6 is 0 Å². The van der Waals surface area contributed by atoms with Crippen molar-refractivity contribution in [3.05, 3.63) is 40.0 Å². The Hall–Kier alpha value is -1.02. The van der Waals surface area contributed by atoms with Gasteiger partial charge in [0.05, 0.1) is 6.10 Å². The van der Waals surface area contributed by atoms with Gasteiger partial charge in [-0.1, -0.05) is 23.3 Å². The summed E-state index contributed by atoms with van der Waals surface area (Å²) in [4.78, 5) is 0. The van der Waals surface area contributed by atoms with Crippen LogP contribution in [-0.2, 0) is 11.2 Å². The molecule has 1 aliphatic heterocycles. The van der Waals surface area contributed by atoms with Gasteiger partial charge in [0.2, 0.25) is 0 Å². The third-order valence-electron chi connectivity index (χ3n) is 3.75. The number of benzene rings is 1. The van der Waals surface area contributed by atoms with E-state index in [1.54, 1.807) is 0 Å². The largest absolute Gasteiger partial charge is 0.375 e. The first-order valence-corrected chi connectivity index (χ1v) is 5.79. The van der Waals surface area contributed by atoms with Crippen molar-refractivity contribution >= 4 is 13.4 Å². The molecule has 1 saturated heterocycles. The average Bonchev–Trinajstić information content (AvgIpc) is 2.89. The summed E-state index contributed by atoms with van der Waals surface area (Å²) in [7, 11) is 5.78. The van der Waals surface area contributed by atoms with Gasteiger partial charge in [0.15, 0.2) is 0 Å². The van der Waals surface area contributed by atoms with Crippen LogP contribution in [0.4, 0.5) is 0 Å². The number of allylic oxidation sites excluding steroid dienone is 2. The quantitative estimate of drug-likeness (QED) is 0.512. The highest BCUT2D eigenvalue weighted by molar-refractivity contribution is 6.13. The number of aryl methyl sites for hydroxylation is 1. The zero-order valence-electron chi connectivity index (χ0n) is 10.0. The first-order chi connectivity index (χ1) is 7.58. The Kier molecular flexibility index (Phi) is 2.06. The minimum absolute atomic E-state index is 0.0906. The summed E-state index contributed by atoms with van der Waals surface area (Å²) in [5, 5.41) is 0. The lowest BCUT2D eigenvalue weighted by Gasteiger charge is -2.09. The molecule has 2 unspecified atom stereocenters. The molecule has 2 heteroatoms.